The number of aryl methyl sites for hydroxylation is 1. The molecule has 1 atom stereocenters. The summed E-state index contributed by atoms with van der Waals surface area (Å²) in [5.41, 5.74) is 4.29. The lowest BCUT2D eigenvalue weighted by Crippen LogP contribution is -2.44. The van der Waals surface area contributed by atoms with Crippen LogP contribution >= 0.6 is 23.4 Å². The first-order valence-electron chi connectivity index (χ1n) is 11.1. The van der Waals surface area contributed by atoms with Gasteiger partial charge in [0.15, 0.2) is 0 Å². The van der Waals surface area contributed by atoms with E-state index in [4.69, 9.17) is 11.6 Å². The van der Waals surface area contributed by atoms with Crippen molar-refractivity contribution in [1.82, 2.24) is 9.88 Å². The summed E-state index contributed by atoms with van der Waals surface area (Å²) in [6.07, 6.45) is 0. The van der Waals surface area contributed by atoms with Crippen LogP contribution in [-0.2, 0) is 23.2 Å². The first-order valence-corrected chi connectivity index (χ1v) is 12.4. The van der Waals surface area contributed by atoms with Gasteiger partial charge in [-0.2, -0.15) is 0 Å². The van der Waals surface area contributed by atoms with E-state index < -0.39 is 6.04 Å². The van der Waals surface area contributed by atoms with Gasteiger partial charge in [0.05, 0.1) is 10.8 Å². The molecule has 5 rings (SSSR count). The van der Waals surface area contributed by atoms with Crippen LogP contribution in [-0.4, -0.2) is 22.1 Å². The van der Waals surface area contributed by atoms with Gasteiger partial charge in [-0.05, 0) is 36.2 Å². The van der Waals surface area contributed by atoms with Crippen molar-refractivity contribution in [3.8, 4) is 0 Å². The molecule has 5 nitrogen and oxygen atoms in total. The highest BCUT2D eigenvalue weighted by Crippen LogP contribution is 2.44. The molecule has 7 heteroatoms. The largest absolute Gasteiger partial charge is 0.350 e. The third-order valence-corrected chi connectivity index (χ3v) is 7.85. The number of hydrogen-bond acceptors (Lipinski definition) is 3. The molecule has 2 amide bonds. The second-order valence-electron chi connectivity index (χ2n) is 8.34. The van der Waals surface area contributed by atoms with Crippen LogP contribution in [0.2, 0.25) is 5.02 Å². The van der Waals surface area contributed by atoms with E-state index in [1.54, 1.807) is 11.0 Å². The molecular formula is C27H24ClN3O2S. The number of aromatic nitrogens is 1. The van der Waals surface area contributed by atoms with Crippen LogP contribution in [0, 0.1) is 6.92 Å². The zero-order valence-electron chi connectivity index (χ0n) is 18.9. The van der Waals surface area contributed by atoms with Crippen molar-refractivity contribution in [2.45, 2.75) is 24.5 Å². The SMILES string of the molecule is Cc1c(Cl)cccc1N1C(=O)CSc2c(c3ccccc3n2C)C1C(=O)NCc1ccccc1. The minimum absolute atomic E-state index is 0.129. The molecule has 1 aliphatic rings. The van der Waals surface area contributed by atoms with Gasteiger partial charge in [0.1, 0.15) is 6.04 Å². The van der Waals surface area contributed by atoms with E-state index in [0.717, 1.165) is 32.6 Å². The maximum atomic E-state index is 13.9. The Bertz CT molecular complexity index is 1400. The van der Waals surface area contributed by atoms with Crippen LogP contribution in [0.4, 0.5) is 5.69 Å². The quantitative estimate of drug-likeness (QED) is 0.404. The van der Waals surface area contributed by atoms with Gasteiger partial charge in [-0.25, -0.2) is 0 Å². The van der Waals surface area contributed by atoms with Gasteiger partial charge >= 0.3 is 0 Å². The maximum Gasteiger partial charge on any atom is 0.248 e. The van der Waals surface area contributed by atoms with E-state index in [0.29, 0.717) is 17.3 Å². The zero-order valence-corrected chi connectivity index (χ0v) is 20.5. The average molecular weight is 490 g/mol. The lowest BCUT2D eigenvalue weighted by Gasteiger charge is -2.31. The number of fused-ring (bicyclic) bond motifs is 3. The Morgan fingerprint density at radius 3 is 2.59 bits per heavy atom. The fourth-order valence-corrected chi connectivity index (χ4v) is 5.81. The fraction of sp³-hybridized carbons (Fsp3) is 0.185. The number of thioether (sulfide) groups is 1. The minimum atomic E-state index is -0.829. The summed E-state index contributed by atoms with van der Waals surface area (Å²) in [6.45, 7) is 2.26. The molecular weight excluding hydrogens is 466 g/mol. The van der Waals surface area contributed by atoms with Crippen LogP contribution in [0.25, 0.3) is 10.9 Å². The van der Waals surface area contributed by atoms with Gasteiger partial charge in [-0.3, -0.25) is 14.5 Å². The average Bonchev–Trinajstić information content (AvgIpc) is 3.03. The van der Waals surface area contributed by atoms with E-state index in [-0.39, 0.29) is 17.6 Å². The second kappa shape index (κ2) is 9.20. The molecule has 1 N–H and O–H groups in total. The minimum Gasteiger partial charge on any atom is -0.350 e. The number of hydrogen-bond donors (Lipinski definition) is 1. The van der Waals surface area contributed by atoms with E-state index in [1.807, 2.05) is 80.7 Å². The summed E-state index contributed by atoms with van der Waals surface area (Å²) in [4.78, 5) is 29.1. The highest BCUT2D eigenvalue weighted by Gasteiger charge is 2.40. The van der Waals surface area contributed by atoms with Gasteiger partial charge in [-0.15, -0.1) is 0 Å². The lowest BCUT2D eigenvalue weighted by atomic mass is 10.0. The monoisotopic (exact) mass is 489 g/mol. The maximum absolute atomic E-state index is 13.9. The molecule has 0 saturated carbocycles. The Morgan fingerprint density at radius 1 is 1.06 bits per heavy atom. The normalized spacial score (nSPS) is 15.8. The van der Waals surface area contributed by atoms with Crippen molar-refractivity contribution in [3.05, 3.63) is 94.5 Å². The van der Waals surface area contributed by atoms with Crippen LogP contribution in [0.15, 0.2) is 77.8 Å². The Morgan fingerprint density at radius 2 is 1.79 bits per heavy atom. The van der Waals surface area contributed by atoms with E-state index >= 15 is 0 Å². The lowest BCUT2D eigenvalue weighted by molar-refractivity contribution is -0.125. The van der Waals surface area contributed by atoms with Crippen LogP contribution < -0.4 is 10.2 Å². The van der Waals surface area contributed by atoms with Gasteiger partial charge in [-0.1, -0.05) is 78.0 Å². The highest BCUT2D eigenvalue weighted by atomic mass is 35.5. The summed E-state index contributed by atoms with van der Waals surface area (Å²) in [5.74, 6) is -0.127. The summed E-state index contributed by atoms with van der Waals surface area (Å²) in [6, 6.07) is 22.4. The molecule has 172 valence electrons. The second-order valence-corrected chi connectivity index (χ2v) is 9.71. The molecule has 1 aliphatic heterocycles. The third-order valence-electron chi connectivity index (χ3n) is 6.28. The summed E-state index contributed by atoms with van der Waals surface area (Å²) < 4.78 is 2.08. The third kappa shape index (κ3) is 3.87. The van der Waals surface area contributed by atoms with E-state index in [1.165, 1.54) is 11.8 Å². The topological polar surface area (TPSA) is 54.3 Å². The van der Waals surface area contributed by atoms with Crippen LogP contribution in [0.1, 0.15) is 22.7 Å². The number of amides is 2. The Hall–Kier alpha value is -3.22. The molecule has 0 saturated heterocycles. The summed E-state index contributed by atoms with van der Waals surface area (Å²) in [7, 11) is 1.98. The fourth-order valence-electron chi connectivity index (χ4n) is 4.57. The number of nitrogens with one attached hydrogen (secondary N) is 1. The van der Waals surface area contributed by atoms with Crippen molar-refractivity contribution in [2.24, 2.45) is 7.05 Å². The number of anilines is 1. The summed E-state index contributed by atoms with van der Waals surface area (Å²) in [5, 5.41) is 5.53. The number of rotatable bonds is 4. The number of carbonyl (C=O) groups is 2. The molecule has 0 bridgehead atoms. The van der Waals surface area contributed by atoms with E-state index in [2.05, 4.69) is 9.88 Å². The smallest absolute Gasteiger partial charge is 0.248 e. The predicted octanol–water partition coefficient (Wildman–Crippen LogP) is 5.64. The first kappa shape index (κ1) is 22.6. The zero-order chi connectivity index (χ0) is 23.8. The van der Waals surface area contributed by atoms with Crippen LogP contribution in [0.5, 0.6) is 0 Å². The Labute approximate surface area is 207 Å². The molecule has 1 unspecified atom stereocenters. The van der Waals surface area contributed by atoms with Crippen LogP contribution in [0.3, 0.4) is 0 Å². The number of para-hydroxylation sites is 1. The van der Waals surface area contributed by atoms with Crippen molar-refractivity contribution in [3.63, 3.8) is 0 Å². The highest BCUT2D eigenvalue weighted by molar-refractivity contribution is 8.00. The molecule has 2 heterocycles. The summed E-state index contributed by atoms with van der Waals surface area (Å²) >= 11 is 7.91. The molecule has 1 aromatic heterocycles. The van der Waals surface area contributed by atoms with Gasteiger partial charge in [0, 0.05) is 40.8 Å². The van der Waals surface area contributed by atoms with E-state index in [9.17, 15) is 9.59 Å². The molecule has 3 aromatic carbocycles. The Balaban J connectivity index is 1.68. The van der Waals surface area contributed by atoms with Gasteiger partial charge in [0.2, 0.25) is 11.8 Å². The first-order chi connectivity index (χ1) is 16.5. The number of benzene rings is 3. The molecule has 0 fully saturated rings. The molecule has 0 aliphatic carbocycles. The molecule has 0 radical (unpaired) electrons. The van der Waals surface area contributed by atoms with Crippen molar-refractivity contribution in [1.29, 1.82) is 0 Å². The van der Waals surface area contributed by atoms with Gasteiger partial charge in [0.25, 0.3) is 0 Å². The van der Waals surface area contributed by atoms with Crippen molar-refractivity contribution < 1.29 is 9.59 Å². The molecule has 0 spiro atoms. The Kier molecular flexibility index (Phi) is 6.11. The molecule has 4 aromatic rings. The van der Waals surface area contributed by atoms with Crippen molar-refractivity contribution in [2.75, 3.05) is 10.7 Å². The number of carbonyl (C=O) groups excluding carboxylic acids is 2. The molecule has 34 heavy (non-hydrogen) atoms. The standard InChI is InChI=1S/C27H24ClN3O2S/c1-17-20(28)12-8-14-21(17)31-23(32)16-34-27-24(19-11-6-7-13-22(19)30(27)2)25(31)26(33)29-15-18-9-4-3-5-10-18/h3-14,25H,15-16H2,1-2H3,(H,29,33). The van der Waals surface area contributed by atoms with Gasteiger partial charge < -0.3 is 9.88 Å². The number of nitrogens with zero attached hydrogens (tertiary/aromatic N) is 2. The predicted molar refractivity (Wildman–Crippen MR) is 138 cm³/mol. The van der Waals surface area contributed by atoms with Crippen molar-refractivity contribution >= 4 is 51.8 Å². The number of halogens is 1.